The lowest BCUT2D eigenvalue weighted by molar-refractivity contribution is -0.127. The molecule has 2 saturated heterocycles. The zero-order valence-electron chi connectivity index (χ0n) is 20.2. The van der Waals surface area contributed by atoms with E-state index >= 15 is 0 Å². The number of anilines is 2. The molecule has 2 fully saturated rings. The molecule has 0 aliphatic carbocycles. The molecule has 3 aliphatic rings. The molecule has 0 radical (unpaired) electrons. The minimum Gasteiger partial charge on any atom is -0.496 e. The van der Waals surface area contributed by atoms with Gasteiger partial charge in [-0.25, -0.2) is 0 Å². The van der Waals surface area contributed by atoms with Gasteiger partial charge in [-0.1, -0.05) is 0 Å². The third kappa shape index (κ3) is 3.90. The molecule has 9 nitrogen and oxygen atoms in total. The second-order valence-corrected chi connectivity index (χ2v) is 9.53. The molecule has 3 amide bonds. The molecule has 2 aromatic carbocycles. The number of allylic oxidation sites excluding steroid dienone is 1. The molecule has 0 bridgehead atoms. The van der Waals surface area contributed by atoms with Crippen molar-refractivity contribution in [1.82, 2.24) is 4.90 Å². The zero-order chi connectivity index (χ0) is 25.4. The van der Waals surface area contributed by atoms with Crippen LogP contribution < -0.4 is 20.7 Å². The van der Waals surface area contributed by atoms with Crippen LogP contribution in [0.15, 0.2) is 42.6 Å². The number of amides is 3. The second kappa shape index (κ2) is 9.14. The van der Waals surface area contributed by atoms with E-state index in [2.05, 4.69) is 5.32 Å². The Morgan fingerprint density at radius 3 is 2.56 bits per heavy atom. The second-order valence-electron chi connectivity index (χ2n) is 9.53. The first-order valence-corrected chi connectivity index (χ1v) is 12.0. The van der Waals surface area contributed by atoms with Gasteiger partial charge in [-0.3, -0.25) is 14.4 Å². The van der Waals surface area contributed by atoms with Crippen molar-refractivity contribution in [3.63, 3.8) is 0 Å². The average molecular weight is 488 g/mol. The van der Waals surface area contributed by atoms with Gasteiger partial charge in [0.25, 0.3) is 5.91 Å². The summed E-state index contributed by atoms with van der Waals surface area (Å²) in [4.78, 5) is 42.0. The molecule has 186 valence electrons. The Morgan fingerprint density at radius 2 is 1.86 bits per heavy atom. The van der Waals surface area contributed by atoms with Crippen LogP contribution in [0.5, 0.6) is 5.75 Å². The number of carbonyl (C=O) groups excluding carboxylic acids is 3. The van der Waals surface area contributed by atoms with E-state index in [1.165, 1.54) is 12.4 Å². The Labute approximate surface area is 209 Å². The van der Waals surface area contributed by atoms with Crippen molar-refractivity contribution >= 4 is 40.9 Å². The van der Waals surface area contributed by atoms with Gasteiger partial charge in [0, 0.05) is 66.2 Å². The maximum atomic E-state index is 13.6. The molecular weight excluding hydrogens is 458 g/mol. The fraction of sp³-hybridized carbons (Fsp3) is 0.333. The fourth-order valence-corrected chi connectivity index (χ4v) is 5.52. The van der Waals surface area contributed by atoms with Crippen LogP contribution in [0.4, 0.5) is 11.4 Å². The number of likely N-dealkylation sites (tertiary alicyclic amines) is 1. The maximum absolute atomic E-state index is 13.6. The number of nitrogens with two attached hydrogens (primary N) is 1. The summed E-state index contributed by atoms with van der Waals surface area (Å²) in [6.07, 6.45) is 4.78. The van der Waals surface area contributed by atoms with Crippen LogP contribution >= 0.6 is 0 Å². The Morgan fingerprint density at radius 1 is 1.11 bits per heavy atom. The van der Waals surface area contributed by atoms with Crippen LogP contribution in [0.1, 0.15) is 40.7 Å². The van der Waals surface area contributed by atoms with Crippen molar-refractivity contribution < 1.29 is 19.1 Å². The molecular formula is C27H29N5O4. The lowest BCUT2D eigenvalue weighted by Gasteiger charge is -2.38. The Hall–Kier alpha value is -4.14. The van der Waals surface area contributed by atoms with Gasteiger partial charge in [0.1, 0.15) is 5.75 Å². The van der Waals surface area contributed by atoms with Gasteiger partial charge in [-0.2, -0.15) is 0 Å². The quantitative estimate of drug-likeness (QED) is 0.559. The lowest BCUT2D eigenvalue weighted by Crippen LogP contribution is -2.46. The van der Waals surface area contributed by atoms with Gasteiger partial charge >= 0.3 is 0 Å². The molecule has 3 aliphatic heterocycles. The largest absolute Gasteiger partial charge is 0.496 e. The van der Waals surface area contributed by atoms with Crippen LogP contribution in [0.25, 0.3) is 5.57 Å². The number of carbonyl (C=O) groups is 3. The lowest BCUT2D eigenvalue weighted by atomic mass is 9.77. The number of fused-ring (bicyclic) bond motifs is 1. The van der Waals surface area contributed by atoms with E-state index in [1.807, 2.05) is 23.1 Å². The van der Waals surface area contributed by atoms with E-state index < -0.39 is 5.41 Å². The molecule has 5 rings (SSSR count). The predicted molar refractivity (Wildman–Crippen MR) is 137 cm³/mol. The van der Waals surface area contributed by atoms with Gasteiger partial charge in [-0.05, 0) is 55.2 Å². The monoisotopic (exact) mass is 487 g/mol. The zero-order valence-corrected chi connectivity index (χ0v) is 20.2. The summed E-state index contributed by atoms with van der Waals surface area (Å²) in [7, 11) is 1.55. The van der Waals surface area contributed by atoms with E-state index in [1.54, 1.807) is 30.2 Å². The summed E-state index contributed by atoms with van der Waals surface area (Å²) in [5.74, 6) is 0.503. The predicted octanol–water partition coefficient (Wildman–Crippen LogP) is 2.80. The van der Waals surface area contributed by atoms with Gasteiger partial charge < -0.3 is 31.0 Å². The van der Waals surface area contributed by atoms with Gasteiger partial charge in [0.05, 0.1) is 18.9 Å². The number of benzene rings is 2. The first-order chi connectivity index (χ1) is 17.4. The number of hydrogen-bond donors (Lipinski definition) is 3. The number of piperidine rings is 1. The highest BCUT2D eigenvalue weighted by molar-refractivity contribution is 6.09. The summed E-state index contributed by atoms with van der Waals surface area (Å²) in [6, 6.07) is 10.8. The van der Waals surface area contributed by atoms with E-state index in [4.69, 9.17) is 15.9 Å². The molecule has 4 N–H and O–H groups in total. The number of methoxy groups -OCH3 is 1. The summed E-state index contributed by atoms with van der Waals surface area (Å²) < 4.78 is 5.51. The molecule has 36 heavy (non-hydrogen) atoms. The normalized spacial score (nSPS) is 18.9. The van der Waals surface area contributed by atoms with Crippen LogP contribution in [0.2, 0.25) is 0 Å². The van der Waals surface area contributed by atoms with E-state index in [-0.39, 0.29) is 17.7 Å². The standard InChI is InChI=1S/C27H29N5O4/c1-36-23-14-20(3-4-21(23)19(15-28)16-29)32-11-8-27(26(32)35)6-9-31(10-7-27)25(34)17-2-5-22-18(12-17)13-24(33)30-22/h2-5,12,14-16,28H,6-11,13,29H2,1H3,(H,30,33)/b19-16+,28-15?. The summed E-state index contributed by atoms with van der Waals surface area (Å²) in [5.41, 5.74) is 9.32. The third-order valence-corrected chi connectivity index (χ3v) is 7.64. The maximum Gasteiger partial charge on any atom is 0.253 e. The van der Waals surface area contributed by atoms with Gasteiger partial charge in [0.2, 0.25) is 11.8 Å². The van der Waals surface area contributed by atoms with Crippen LogP contribution in [-0.4, -0.2) is 55.6 Å². The first kappa shape index (κ1) is 23.6. The van der Waals surface area contributed by atoms with Crippen molar-refractivity contribution in [2.75, 3.05) is 37.0 Å². The van der Waals surface area contributed by atoms with Crippen LogP contribution in [0, 0.1) is 10.8 Å². The number of hydrogen-bond acceptors (Lipinski definition) is 6. The Bertz CT molecular complexity index is 1290. The number of nitrogens with one attached hydrogen (secondary N) is 2. The van der Waals surface area contributed by atoms with Crippen molar-refractivity contribution in [2.24, 2.45) is 11.1 Å². The molecule has 2 aromatic rings. The highest BCUT2D eigenvalue weighted by atomic mass is 16.5. The molecule has 1 spiro atoms. The molecule has 0 unspecified atom stereocenters. The van der Waals surface area contributed by atoms with Crippen molar-refractivity contribution in [3.8, 4) is 5.75 Å². The van der Waals surface area contributed by atoms with Gasteiger partial charge in [0.15, 0.2) is 0 Å². The van der Waals surface area contributed by atoms with E-state index in [0.29, 0.717) is 61.3 Å². The Balaban J connectivity index is 1.28. The minimum atomic E-state index is -0.478. The number of nitrogens with zero attached hydrogens (tertiary/aromatic N) is 2. The SMILES string of the molecule is COc1cc(N2CCC3(CCN(C(=O)c4ccc5c(c4)CC(=O)N5)CC3)C2=O)ccc1/C(C=N)=C/N. The average Bonchev–Trinajstić information content (AvgIpc) is 3.43. The van der Waals surface area contributed by atoms with Crippen molar-refractivity contribution in [3.05, 3.63) is 59.3 Å². The summed E-state index contributed by atoms with van der Waals surface area (Å²) in [5, 5.41) is 10.3. The topological polar surface area (TPSA) is 129 Å². The van der Waals surface area contributed by atoms with Crippen LogP contribution in [0.3, 0.4) is 0 Å². The van der Waals surface area contributed by atoms with E-state index in [9.17, 15) is 14.4 Å². The minimum absolute atomic E-state index is 0.0583. The number of ether oxygens (including phenoxy) is 1. The first-order valence-electron chi connectivity index (χ1n) is 12.0. The smallest absolute Gasteiger partial charge is 0.253 e. The van der Waals surface area contributed by atoms with E-state index in [0.717, 1.165) is 23.4 Å². The fourth-order valence-electron chi connectivity index (χ4n) is 5.52. The van der Waals surface area contributed by atoms with Crippen LogP contribution in [-0.2, 0) is 16.0 Å². The third-order valence-electron chi connectivity index (χ3n) is 7.64. The molecule has 0 saturated carbocycles. The van der Waals surface area contributed by atoms with Crippen molar-refractivity contribution in [1.29, 1.82) is 5.41 Å². The molecule has 0 aromatic heterocycles. The highest BCUT2D eigenvalue weighted by Gasteiger charge is 2.49. The van der Waals surface area contributed by atoms with Crippen molar-refractivity contribution in [2.45, 2.75) is 25.7 Å². The summed E-state index contributed by atoms with van der Waals surface area (Å²) >= 11 is 0. The van der Waals surface area contributed by atoms with Gasteiger partial charge in [-0.15, -0.1) is 0 Å². The summed E-state index contributed by atoms with van der Waals surface area (Å²) in [6.45, 7) is 1.63. The highest BCUT2D eigenvalue weighted by Crippen LogP contribution is 2.44. The number of rotatable bonds is 5. The molecule has 3 heterocycles. The Kier molecular flexibility index (Phi) is 5.99. The molecule has 0 atom stereocenters. The molecule has 9 heteroatoms.